The number of aromatic nitrogens is 1. The third-order valence-corrected chi connectivity index (χ3v) is 5.57. The fourth-order valence-electron chi connectivity index (χ4n) is 3.99. The second-order valence-electron chi connectivity index (χ2n) is 7.43. The lowest BCUT2D eigenvalue weighted by atomic mass is 9.94. The number of rotatable bonds is 4. The molecule has 1 aromatic heterocycles. The zero-order chi connectivity index (χ0) is 19.0. The summed E-state index contributed by atoms with van der Waals surface area (Å²) in [5, 5.41) is 0. The van der Waals surface area contributed by atoms with Gasteiger partial charge in [0.1, 0.15) is 0 Å². The molecule has 1 amide bonds. The average molecular weight is 356 g/mol. The number of nitrogens with zero attached hydrogens (tertiary/aromatic N) is 2. The van der Waals surface area contributed by atoms with Crippen LogP contribution in [0.2, 0.25) is 0 Å². The lowest BCUT2D eigenvalue weighted by molar-refractivity contribution is -0.132. The Morgan fingerprint density at radius 1 is 1.04 bits per heavy atom. The van der Waals surface area contributed by atoms with Gasteiger partial charge in [-0.3, -0.25) is 9.78 Å². The molecule has 3 aromatic rings. The van der Waals surface area contributed by atoms with E-state index in [4.69, 9.17) is 0 Å². The van der Waals surface area contributed by atoms with Crippen LogP contribution in [0.4, 0.5) is 0 Å². The summed E-state index contributed by atoms with van der Waals surface area (Å²) >= 11 is 0. The first-order valence-electron chi connectivity index (χ1n) is 9.42. The number of amides is 1. The molecule has 0 saturated heterocycles. The largest absolute Gasteiger partial charge is 0.342 e. The topological polar surface area (TPSA) is 33.2 Å². The van der Waals surface area contributed by atoms with Gasteiger partial charge in [0, 0.05) is 31.4 Å². The Morgan fingerprint density at radius 3 is 2.22 bits per heavy atom. The molecule has 4 rings (SSSR count). The summed E-state index contributed by atoms with van der Waals surface area (Å²) in [6.07, 6.45) is 2.59. The third kappa shape index (κ3) is 3.14. The smallest absolute Gasteiger partial charge is 0.234 e. The van der Waals surface area contributed by atoms with Gasteiger partial charge in [0.05, 0.1) is 5.92 Å². The number of hydrogen-bond acceptors (Lipinski definition) is 2. The summed E-state index contributed by atoms with van der Waals surface area (Å²) in [4.78, 5) is 19.8. The lowest BCUT2D eigenvalue weighted by Gasteiger charge is -2.28. The van der Waals surface area contributed by atoms with Crippen LogP contribution < -0.4 is 0 Å². The van der Waals surface area contributed by atoms with Gasteiger partial charge in [-0.2, -0.15) is 0 Å². The van der Waals surface area contributed by atoms with Crippen LogP contribution in [0.1, 0.15) is 35.2 Å². The van der Waals surface area contributed by atoms with Crippen molar-refractivity contribution < 1.29 is 4.79 Å². The number of fused-ring (bicyclic) bond motifs is 3. The van der Waals surface area contributed by atoms with E-state index in [1.807, 2.05) is 48.5 Å². The van der Waals surface area contributed by atoms with Crippen molar-refractivity contribution >= 4 is 5.91 Å². The van der Waals surface area contributed by atoms with Gasteiger partial charge in [-0.15, -0.1) is 0 Å². The highest BCUT2D eigenvalue weighted by Gasteiger charge is 2.36. The van der Waals surface area contributed by atoms with E-state index in [0.29, 0.717) is 0 Å². The van der Waals surface area contributed by atoms with Crippen molar-refractivity contribution in [2.24, 2.45) is 0 Å². The molecule has 136 valence electrons. The number of carbonyl (C=O) groups excluding carboxylic acids is 1. The van der Waals surface area contributed by atoms with Crippen LogP contribution in [0.3, 0.4) is 0 Å². The molecule has 3 nitrogen and oxygen atoms in total. The van der Waals surface area contributed by atoms with Crippen LogP contribution in [0, 0.1) is 6.92 Å². The summed E-state index contributed by atoms with van der Waals surface area (Å²) in [6, 6.07) is 20.7. The molecule has 0 unspecified atom stereocenters. The second-order valence-corrected chi connectivity index (χ2v) is 7.43. The molecular weight excluding hydrogens is 332 g/mol. The minimum absolute atomic E-state index is 0.0757. The van der Waals surface area contributed by atoms with E-state index >= 15 is 0 Å². The zero-order valence-corrected chi connectivity index (χ0v) is 16.0. The number of pyridine rings is 1. The molecule has 27 heavy (non-hydrogen) atoms. The predicted octanol–water partition coefficient (Wildman–Crippen LogP) is 4.59. The minimum Gasteiger partial charge on any atom is -0.342 e. The van der Waals surface area contributed by atoms with E-state index in [-0.39, 0.29) is 17.9 Å². The van der Waals surface area contributed by atoms with Crippen LogP contribution >= 0.6 is 0 Å². The molecule has 2 aromatic carbocycles. The summed E-state index contributed by atoms with van der Waals surface area (Å²) < 4.78 is 0. The van der Waals surface area contributed by atoms with Crippen molar-refractivity contribution in [3.05, 3.63) is 89.2 Å². The Hall–Kier alpha value is -2.94. The van der Waals surface area contributed by atoms with Gasteiger partial charge >= 0.3 is 0 Å². The van der Waals surface area contributed by atoms with Crippen molar-refractivity contribution in [3.63, 3.8) is 0 Å². The summed E-state index contributed by atoms with van der Waals surface area (Å²) in [7, 11) is 1.91. The first-order valence-corrected chi connectivity index (χ1v) is 9.42. The van der Waals surface area contributed by atoms with Crippen molar-refractivity contribution in [1.82, 2.24) is 9.88 Å². The molecule has 0 bridgehead atoms. The zero-order valence-electron chi connectivity index (χ0n) is 16.0. The van der Waals surface area contributed by atoms with Gasteiger partial charge in [-0.25, -0.2) is 0 Å². The van der Waals surface area contributed by atoms with Crippen LogP contribution in [0.25, 0.3) is 11.1 Å². The first-order chi connectivity index (χ1) is 13.1. The second kappa shape index (κ2) is 6.99. The van der Waals surface area contributed by atoms with Crippen molar-refractivity contribution in [2.45, 2.75) is 32.2 Å². The van der Waals surface area contributed by atoms with E-state index in [9.17, 15) is 4.79 Å². The minimum atomic E-state index is -0.227. The normalized spacial score (nSPS) is 13.7. The Kier molecular flexibility index (Phi) is 4.53. The summed E-state index contributed by atoms with van der Waals surface area (Å²) in [5.74, 6) is -0.0807. The van der Waals surface area contributed by atoms with Crippen LogP contribution in [-0.4, -0.2) is 28.9 Å². The van der Waals surface area contributed by atoms with Gasteiger partial charge < -0.3 is 4.90 Å². The first kappa shape index (κ1) is 17.5. The maximum Gasteiger partial charge on any atom is 0.234 e. The van der Waals surface area contributed by atoms with Gasteiger partial charge in [-0.05, 0) is 53.8 Å². The Bertz CT molecular complexity index is 949. The van der Waals surface area contributed by atoms with Crippen LogP contribution in [-0.2, 0) is 11.2 Å². The Balaban J connectivity index is 1.62. The molecule has 0 fully saturated rings. The molecule has 0 N–H and O–H groups in total. The van der Waals surface area contributed by atoms with Crippen molar-refractivity contribution in [1.29, 1.82) is 0 Å². The SMILES string of the molecule is Cc1ccnc(C[C@@H](C)N(C)C(=O)C2c3ccccc3-c3ccccc32)c1. The molecular formula is C24H24N2O. The Labute approximate surface area is 160 Å². The number of carbonyl (C=O) groups is 1. The standard InChI is InChI=1S/C24H24N2O/c1-16-12-13-25-18(14-16)15-17(2)26(3)24(27)23-21-10-6-4-8-19(21)20-9-5-7-11-22(20)23/h4-14,17,23H,15H2,1-3H3/t17-/m1/s1. The quantitative estimate of drug-likeness (QED) is 0.685. The molecule has 1 aliphatic carbocycles. The predicted molar refractivity (Wildman–Crippen MR) is 109 cm³/mol. The molecule has 1 atom stereocenters. The number of aryl methyl sites for hydroxylation is 1. The van der Waals surface area contributed by atoms with E-state index in [1.54, 1.807) is 0 Å². The maximum atomic E-state index is 13.5. The van der Waals surface area contributed by atoms with Gasteiger partial charge in [-0.1, -0.05) is 48.5 Å². The highest BCUT2D eigenvalue weighted by atomic mass is 16.2. The van der Waals surface area contributed by atoms with E-state index in [0.717, 1.165) is 23.2 Å². The summed E-state index contributed by atoms with van der Waals surface area (Å²) in [5.41, 5.74) is 6.78. The molecule has 0 radical (unpaired) electrons. The fourth-order valence-corrected chi connectivity index (χ4v) is 3.99. The van der Waals surface area contributed by atoms with E-state index in [1.165, 1.54) is 16.7 Å². The van der Waals surface area contributed by atoms with E-state index in [2.05, 4.69) is 49.2 Å². The monoisotopic (exact) mass is 356 g/mol. The fraction of sp³-hybridized carbons (Fsp3) is 0.250. The molecule has 1 aliphatic rings. The Morgan fingerprint density at radius 2 is 1.63 bits per heavy atom. The van der Waals surface area contributed by atoms with Crippen LogP contribution in [0.5, 0.6) is 0 Å². The van der Waals surface area contributed by atoms with Gasteiger partial charge in [0.25, 0.3) is 0 Å². The molecule has 1 heterocycles. The number of likely N-dealkylation sites (N-methyl/N-ethyl adjacent to an activating group) is 1. The van der Waals surface area contributed by atoms with Gasteiger partial charge in [0.2, 0.25) is 5.91 Å². The molecule has 0 spiro atoms. The van der Waals surface area contributed by atoms with Crippen molar-refractivity contribution in [2.75, 3.05) is 7.05 Å². The van der Waals surface area contributed by atoms with E-state index < -0.39 is 0 Å². The maximum absolute atomic E-state index is 13.5. The number of benzene rings is 2. The summed E-state index contributed by atoms with van der Waals surface area (Å²) in [6.45, 7) is 4.16. The molecule has 3 heteroatoms. The molecule has 0 aliphatic heterocycles. The lowest BCUT2D eigenvalue weighted by Crippen LogP contribution is -2.39. The highest BCUT2D eigenvalue weighted by Crippen LogP contribution is 2.45. The highest BCUT2D eigenvalue weighted by molar-refractivity contribution is 5.96. The van der Waals surface area contributed by atoms with Crippen LogP contribution in [0.15, 0.2) is 66.9 Å². The average Bonchev–Trinajstić information content (AvgIpc) is 3.01. The molecule has 0 saturated carbocycles. The number of hydrogen-bond donors (Lipinski definition) is 0. The van der Waals surface area contributed by atoms with Crippen molar-refractivity contribution in [3.8, 4) is 11.1 Å². The van der Waals surface area contributed by atoms with Gasteiger partial charge in [0.15, 0.2) is 0 Å². The third-order valence-electron chi connectivity index (χ3n) is 5.57.